The molecular formula is C18H20ClNOS. The summed E-state index contributed by atoms with van der Waals surface area (Å²) >= 11 is 7.69. The van der Waals surface area contributed by atoms with Crippen molar-refractivity contribution in [2.24, 2.45) is 0 Å². The number of hydrogen-bond acceptors (Lipinski definition) is 2. The highest BCUT2D eigenvalue weighted by atomic mass is 35.5. The summed E-state index contributed by atoms with van der Waals surface area (Å²) in [5.41, 5.74) is 1.13. The van der Waals surface area contributed by atoms with Crippen LogP contribution in [0.3, 0.4) is 0 Å². The number of nitrogens with one attached hydrogen (secondary N) is 1. The van der Waals surface area contributed by atoms with Gasteiger partial charge in [-0.15, -0.1) is 11.8 Å². The van der Waals surface area contributed by atoms with Gasteiger partial charge in [-0.1, -0.05) is 48.0 Å². The second kappa shape index (κ2) is 8.86. The van der Waals surface area contributed by atoms with E-state index in [1.165, 1.54) is 0 Å². The van der Waals surface area contributed by atoms with Gasteiger partial charge < -0.3 is 5.32 Å². The molecule has 2 aromatic rings. The minimum Gasteiger partial charge on any atom is -0.355 e. The molecule has 2 aromatic carbocycles. The summed E-state index contributed by atoms with van der Waals surface area (Å²) in [5.74, 6) is 0.0769. The zero-order valence-corrected chi connectivity index (χ0v) is 14.2. The van der Waals surface area contributed by atoms with Crippen molar-refractivity contribution in [3.8, 4) is 0 Å². The predicted molar refractivity (Wildman–Crippen MR) is 94.5 cm³/mol. The first-order valence-corrected chi connectivity index (χ1v) is 8.65. The summed E-state index contributed by atoms with van der Waals surface area (Å²) in [6.45, 7) is 2.60. The van der Waals surface area contributed by atoms with Gasteiger partial charge in [-0.25, -0.2) is 0 Å². The van der Waals surface area contributed by atoms with Crippen LogP contribution in [0.1, 0.15) is 18.9 Å². The predicted octanol–water partition coefficient (Wildman–Crippen LogP) is 4.57. The van der Waals surface area contributed by atoms with E-state index in [0.29, 0.717) is 6.54 Å². The Morgan fingerprint density at radius 3 is 2.55 bits per heavy atom. The smallest absolute Gasteiger partial charge is 0.233 e. The number of carbonyl (C=O) groups excluding carboxylic acids is 1. The van der Waals surface area contributed by atoms with Gasteiger partial charge >= 0.3 is 0 Å². The van der Waals surface area contributed by atoms with Crippen LogP contribution in [0.15, 0.2) is 59.5 Å². The first-order valence-electron chi connectivity index (χ1n) is 7.39. The molecule has 0 aliphatic heterocycles. The molecule has 0 saturated heterocycles. The molecule has 116 valence electrons. The molecule has 1 amide bonds. The highest BCUT2D eigenvalue weighted by molar-refractivity contribution is 8.00. The number of halogens is 1. The lowest BCUT2D eigenvalue weighted by molar-refractivity contribution is -0.120. The van der Waals surface area contributed by atoms with E-state index in [1.54, 1.807) is 11.8 Å². The molecule has 0 heterocycles. The van der Waals surface area contributed by atoms with Crippen molar-refractivity contribution in [3.05, 3.63) is 65.2 Å². The number of carbonyl (C=O) groups is 1. The van der Waals surface area contributed by atoms with Crippen LogP contribution in [0.4, 0.5) is 0 Å². The summed E-state index contributed by atoms with van der Waals surface area (Å²) < 4.78 is 0. The summed E-state index contributed by atoms with van der Waals surface area (Å²) in [6.07, 6.45) is 1.76. The van der Waals surface area contributed by atoms with E-state index in [4.69, 9.17) is 11.6 Å². The highest BCUT2D eigenvalue weighted by Crippen LogP contribution is 2.22. The number of benzene rings is 2. The Bertz CT molecular complexity index is 603. The average molecular weight is 334 g/mol. The number of aryl methyl sites for hydroxylation is 1. The Kier molecular flexibility index (Phi) is 6.81. The van der Waals surface area contributed by atoms with Gasteiger partial charge in [-0.05, 0) is 43.5 Å². The normalized spacial score (nSPS) is 11.9. The Balaban J connectivity index is 1.70. The lowest BCUT2D eigenvalue weighted by atomic mass is 10.1. The topological polar surface area (TPSA) is 29.1 Å². The van der Waals surface area contributed by atoms with Gasteiger partial charge in [-0.2, -0.15) is 0 Å². The van der Waals surface area contributed by atoms with Crippen LogP contribution in [-0.4, -0.2) is 17.7 Å². The van der Waals surface area contributed by atoms with Crippen molar-refractivity contribution in [1.29, 1.82) is 0 Å². The van der Waals surface area contributed by atoms with Gasteiger partial charge in [0.2, 0.25) is 5.91 Å². The molecule has 2 nitrogen and oxygen atoms in total. The lowest BCUT2D eigenvalue weighted by Crippen LogP contribution is -2.31. The Labute approximate surface area is 141 Å². The maximum atomic E-state index is 12.1. The van der Waals surface area contributed by atoms with Crippen LogP contribution in [-0.2, 0) is 11.2 Å². The zero-order chi connectivity index (χ0) is 15.8. The molecule has 0 aliphatic rings. The van der Waals surface area contributed by atoms with Crippen LogP contribution < -0.4 is 5.32 Å². The molecule has 22 heavy (non-hydrogen) atoms. The van der Waals surface area contributed by atoms with Crippen LogP contribution in [0.2, 0.25) is 5.02 Å². The standard InChI is InChI=1S/C18H20ClNOS/c1-14(22-16-10-3-2-4-11-16)18(21)20-13-7-9-15-8-5-6-12-17(15)19/h2-6,8,10-12,14H,7,9,13H2,1H3,(H,20,21). The highest BCUT2D eigenvalue weighted by Gasteiger charge is 2.13. The Morgan fingerprint density at radius 1 is 1.14 bits per heavy atom. The summed E-state index contributed by atoms with van der Waals surface area (Å²) in [5, 5.41) is 3.69. The second-order valence-electron chi connectivity index (χ2n) is 5.06. The maximum absolute atomic E-state index is 12.1. The minimum absolute atomic E-state index is 0.0769. The molecule has 0 saturated carbocycles. The number of rotatable bonds is 7. The monoisotopic (exact) mass is 333 g/mol. The Morgan fingerprint density at radius 2 is 1.82 bits per heavy atom. The largest absolute Gasteiger partial charge is 0.355 e. The van der Waals surface area contributed by atoms with Crippen LogP contribution in [0, 0.1) is 0 Å². The molecule has 0 bridgehead atoms. The minimum atomic E-state index is -0.0947. The number of amides is 1. The van der Waals surface area contributed by atoms with Crippen molar-refractivity contribution in [1.82, 2.24) is 5.32 Å². The van der Waals surface area contributed by atoms with E-state index < -0.39 is 0 Å². The summed E-state index contributed by atoms with van der Waals surface area (Å²) in [4.78, 5) is 13.2. The molecule has 1 atom stereocenters. The van der Waals surface area contributed by atoms with Crippen LogP contribution >= 0.6 is 23.4 Å². The zero-order valence-electron chi connectivity index (χ0n) is 12.6. The fourth-order valence-corrected chi connectivity index (χ4v) is 3.24. The summed E-state index contributed by atoms with van der Waals surface area (Å²) in [7, 11) is 0. The van der Waals surface area contributed by atoms with Crippen molar-refractivity contribution >= 4 is 29.3 Å². The third-order valence-electron chi connectivity index (χ3n) is 3.31. The number of thioether (sulfide) groups is 1. The molecule has 1 unspecified atom stereocenters. The van der Waals surface area contributed by atoms with Crippen molar-refractivity contribution in [3.63, 3.8) is 0 Å². The van der Waals surface area contributed by atoms with Crippen LogP contribution in [0.5, 0.6) is 0 Å². The fourth-order valence-electron chi connectivity index (χ4n) is 2.09. The molecule has 1 N–H and O–H groups in total. The van der Waals surface area contributed by atoms with Crippen LogP contribution in [0.25, 0.3) is 0 Å². The quantitative estimate of drug-likeness (QED) is 0.594. The van der Waals surface area contributed by atoms with Gasteiger partial charge in [0, 0.05) is 16.5 Å². The molecule has 4 heteroatoms. The van der Waals surface area contributed by atoms with E-state index >= 15 is 0 Å². The van der Waals surface area contributed by atoms with E-state index in [0.717, 1.165) is 28.3 Å². The first kappa shape index (κ1) is 16.9. The third kappa shape index (κ3) is 5.39. The Hall–Kier alpha value is -1.45. The van der Waals surface area contributed by atoms with Gasteiger partial charge in [-0.3, -0.25) is 4.79 Å². The van der Waals surface area contributed by atoms with Gasteiger partial charge in [0.1, 0.15) is 0 Å². The molecule has 2 rings (SSSR count). The van der Waals surface area contributed by atoms with Crippen molar-refractivity contribution < 1.29 is 4.79 Å². The van der Waals surface area contributed by atoms with E-state index in [2.05, 4.69) is 5.32 Å². The maximum Gasteiger partial charge on any atom is 0.233 e. The van der Waals surface area contributed by atoms with E-state index in [-0.39, 0.29) is 11.2 Å². The van der Waals surface area contributed by atoms with Gasteiger partial charge in [0.15, 0.2) is 0 Å². The number of hydrogen-bond donors (Lipinski definition) is 1. The molecule has 0 aromatic heterocycles. The lowest BCUT2D eigenvalue weighted by Gasteiger charge is -2.12. The molecule has 0 radical (unpaired) electrons. The van der Waals surface area contributed by atoms with Gasteiger partial charge in [0.25, 0.3) is 0 Å². The van der Waals surface area contributed by atoms with E-state index in [9.17, 15) is 4.79 Å². The second-order valence-corrected chi connectivity index (χ2v) is 6.88. The van der Waals surface area contributed by atoms with E-state index in [1.807, 2.05) is 61.5 Å². The molecule has 0 spiro atoms. The first-order chi connectivity index (χ1) is 10.7. The van der Waals surface area contributed by atoms with Gasteiger partial charge in [0.05, 0.1) is 5.25 Å². The molecular weight excluding hydrogens is 314 g/mol. The average Bonchev–Trinajstić information content (AvgIpc) is 2.53. The fraction of sp³-hybridized carbons (Fsp3) is 0.278. The molecule has 0 fully saturated rings. The van der Waals surface area contributed by atoms with Crippen molar-refractivity contribution in [2.45, 2.75) is 29.9 Å². The van der Waals surface area contributed by atoms with Crippen molar-refractivity contribution in [2.75, 3.05) is 6.54 Å². The third-order valence-corrected chi connectivity index (χ3v) is 4.79. The summed E-state index contributed by atoms with van der Waals surface area (Å²) in [6, 6.07) is 17.8. The molecule has 0 aliphatic carbocycles. The SMILES string of the molecule is CC(Sc1ccccc1)C(=O)NCCCc1ccccc1Cl.